The van der Waals surface area contributed by atoms with Crippen molar-refractivity contribution in [2.24, 2.45) is 5.92 Å². The average molecular weight is 361 g/mol. The Bertz CT molecular complexity index is 694. The molecule has 1 nitrogen and oxygen atoms in total. The molecule has 3 unspecified atom stereocenters. The first-order valence-corrected chi connectivity index (χ1v) is 9.24. The smallest absolute Gasteiger partial charge is 0.299 e. The summed E-state index contributed by atoms with van der Waals surface area (Å²) in [6, 6.07) is 18.6. The van der Waals surface area contributed by atoms with Gasteiger partial charge in [0.25, 0.3) is 0 Å². The highest BCUT2D eigenvalue weighted by Crippen LogP contribution is 2.56. The maximum absolute atomic E-state index is 12.7. The summed E-state index contributed by atoms with van der Waals surface area (Å²) in [6.45, 7) is 3.14. The van der Waals surface area contributed by atoms with Crippen molar-refractivity contribution in [3.05, 3.63) is 71.3 Å². The number of nitrogens with zero attached hydrogens (tertiary/aromatic N) is 1. The van der Waals surface area contributed by atoms with Gasteiger partial charge in [0.2, 0.25) is 0 Å². The highest BCUT2D eigenvalue weighted by molar-refractivity contribution is 5.30. The molecule has 0 heterocycles. The third-order valence-electron chi connectivity index (χ3n) is 5.50. The van der Waals surface area contributed by atoms with Crippen molar-refractivity contribution in [2.75, 3.05) is 7.05 Å². The Kier molecular flexibility index (Phi) is 5.71. The van der Waals surface area contributed by atoms with E-state index in [0.29, 0.717) is 6.04 Å². The molecule has 0 saturated heterocycles. The third kappa shape index (κ3) is 4.88. The number of benzene rings is 2. The minimum Gasteiger partial charge on any atom is -0.299 e. The topological polar surface area (TPSA) is 3.24 Å². The van der Waals surface area contributed by atoms with Crippen LogP contribution in [0.4, 0.5) is 13.2 Å². The van der Waals surface area contributed by atoms with Crippen molar-refractivity contribution in [1.82, 2.24) is 4.90 Å². The fraction of sp³-hybridized carbons (Fsp3) is 0.455. The molecule has 0 radical (unpaired) electrons. The maximum atomic E-state index is 12.7. The minimum atomic E-state index is -4.05. The van der Waals surface area contributed by atoms with Crippen molar-refractivity contribution in [3.63, 3.8) is 0 Å². The van der Waals surface area contributed by atoms with Gasteiger partial charge in [-0.25, -0.2) is 0 Å². The number of hydrogen-bond donors (Lipinski definition) is 0. The first kappa shape index (κ1) is 19.0. The summed E-state index contributed by atoms with van der Waals surface area (Å²) in [5.41, 5.74) is 3.32. The van der Waals surface area contributed by atoms with E-state index in [1.165, 1.54) is 11.1 Å². The van der Waals surface area contributed by atoms with E-state index in [1.807, 2.05) is 30.3 Å². The van der Waals surface area contributed by atoms with Crippen LogP contribution in [0.3, 0.4) is 0 Å². The molecule has 1 aliphatic carbocycles. The second-order valence-electron chi connectivity index (χ2n) is 7.52. The molecule has 0 aliphatic heterocycles. The van der Waals surface area contributed by atoms with E-state index in [4.69, 9.17) is 0 Å². The zero-order valence-corrected chi connectivity index (χ0v) is 15.3. The molecule has 2 aromatic rings. The zero-order chi connectivity index (χ0) is 18.7. The lowest BCUT2D eigenvalue weighted by molar-refractivity contribution is -0.148. The van der Waals surface area contributed by atoms with Gasteiger partial charge >= 0.3 is 6.18 Å². The Morgan fingerprint density at radius 1 is 1.00 bits per heavy atom. The van der Waals surface area contributed by atoms with Crippen molar-refractivity contribution in [2.45, 2.75) is 50.9 Å². The second-order valence-corrected chi connectivity index (χ2v) is 7.52. The third-order valence-corrected chi connectivity index (χ3v) is 5.50. The van der Waals surface area contributed by atoms with Gasteiger partial charge in [-0.3, -0.25) is 4.90 Å². The lowest BCUT2D eigenvalue weighted by atomic mass is 10.0. The molecule has 140 valence electrons. The van der Waals surface area contributed by atoms with Crippen LogP contribution in [0.5, 0.6) is 0 Å². The molecule has 1 saturated carbocycles. The van der Waals surface area contributed by atoms with Gasteiger partial charge in [-0.15, -0.1) is 0 Å². The van der Waals surface area contributed by atoms with Gasteiger partial charge < -0.3 is 0 Å². The molecule has 3 rings (SSSR count). The van der Waals surface area contributed by atoms with Crippen LogP contribution in [0.15, 0.2) is 54.6 Å². The number of rotatable bonds is 7. The van der Waals surface area contributed by atoms with Crippen LogP contribution in [-0.4, -0.2) is 24.2 Å². The van der Waals surface area contributed by atoms with Crippen LogP contribution in [0.1, 0.15) is 42.4 Å². The highest BCUT2D eigenvalue weighted by atomic mass is 19.4. The summed E-state index contributed by atoms with van der Waals surface area (Å²) in [6.07, 6.45) is -1.85. The van der Waals surface area contributed by atoms with Crippen LogP contribution in [0.25, 0.3) is 0 Å². The van der Waals surface area contributed by atoms with E-state index in [2.05, 4.69) is 43.1 Å². The predicted molar refractivity (Wildman–Crippen MR) is 99.0 cm³/mol. The number of halogens is 3. The van der Waals surface area contributed by atoms with E-state index in [9.17, 15) is 13.2 Å². The molecular formula is C22H26F3N. The van der Waals surface area contributed by atoms with Gasteiger partial charge in [-0.1, -0.05) is 54.6 Å². The van der Waals surface area contributed by atoms with Gasteiger partial charge in [0, 0.05) is 12.6 Å². The summed E-state index contributed by atoms with van der Waals surface area (Å²) >= 11 is 0. The normalized spacial score (nSPS) is 21.0. The Balaban J connectivity index is 1.47. The van der Waals surface area contributed by atoms with E-state index >= 15 is 0 Å². The summed E-state index contributed by atoms with van der Waals surface area (Å²) in [5, 5.41) is 0. The van der Waals surface area contributed by atoms with Crippen LogP contribution < -0.4 is 0 Å². The number of aryl methyl sites for hydroxylation is 1. The molecule has 0 amide bonds. The quantitative estimate of drug-likeness (QED) is 0.602. The molecule has 1 fully saturated rings. The number of alkyl halides is 3. The standard InChI is InChI=1S/C22H26F3N/c1-16(26(2)15-18-6-4-3-5-7-18)8-9-17-10-12-19(13-11-17)20-14-21(20)22(23,24)25/h3-7,10-13,16,20-21H,8-9,14-15H2,1-2H3. The van der Waals surface area contributed by atoms with Crippen LogP contribution in [0.2, 0.25) is 0 Å². The SMILES string of the molecule is CC(CCc1ccc(C2CC2C(F)(F)F)cc1)N(C)Cc1ccccc1. The van der Waals surface area contributed by atoms with E-state index in [0.717, 1.165) is 24.9 Å². The number of hydrogen-bond acceptors (Lipinski definition) is 1. The van der Waals surface area contributed by atoms with Gasteiger partial charge in [0.05, 0.1) is 5.92 Å². The first-order valence-electron chi connectivity index (χ1n) is 9.24. The molecule has 3 atom stereocenters. The molecule has 4 heteroatoms. The van der Waals surface area contributed by atoms with Crippen LogP contribution >= 0.6 is 0 Å². The van der Waals surface area contributed by atoms with Crippen LogP contribution in [0, 0.1) is 5.92 Å². The molecule has 0 N–H and O–H groups in total. The maximum Gasteiger partial charge on any atom is 0.392 e. The first-order chi connectivity index (χ1) is 12.3. The van der Waals surface area contributed by atoms with Gasteiger partial charge in [-0.2, -0.15) is 13.2 Å². The fourth-order valence-electron chi connectivity index (χ4n) is 3.48. The minimum absolute atomic E-state index is 0.240. The van der Waals surface area contributed by atoms with Gasteiger partial charge in [0.15, 0.2) is 0 Å². The summed E-state index contributed by atoms with van der Waals surface area (Å²) in [4.78, 5) is 2.34. The molecule has 0 spiro atoms. The fourth-order valence-corrected chi connectivity index (χ4v) is 3.48. The largest absolute Gasteiger partial charge is 0.392 e. The Morgan fingerprint density at radius 3 is 2.23 bits per heavy atom. The summed E-state index contributed by atoms with van der Waals surface area (Å²) in [7, 11) is 2.13. The van der Waals surface area contributed by atoms with E-state index < -0.39 is 12.1 Å². The highest BCUT2D eigenvalue weighted by Gasteiger charge is 2.55. The monoisotopic (exact) mass is 361 g/mol. The lowest BCUT2D eigenvalue weighted by Gasteiger charge is -2.25. The molecule has 0 aromatic heterocycles. The molecule has 26 heavy (non-hydrogen) atoms. The van der Waals surface area contributed by atoms with Gasteiger partial charge in [-0.05, 0) is 55.8 Å². The van der Waals surface area contributed by atoms with E-state index in [-0.39, 0.29) is 12.3 Å². The van der Waals surface area contributed by atoms with Crippen molar-refractivity contribution in [3.8, 4) is 0 Å². The van der Waals surface area contributed by atoms with Crippen molar-refractivity contribution >= 4 is 0 Å². The Labute approximate surface area is 153 Å². The van der Waals surface area contributed by atoms with Crippen molar-refractivity contribution in [1.29, 1.82) is 0 Å². The van der Waals surface area contributed by atoms with Gasteiger partial charge in [0.1, 0.15) is 0 Å². The average Bonchev–Trinajstić information content (AvgIpc) is 3.42. The molecule has 2 aromatic carbocycles. The van der Waals surface area contributed by atoms with Crippen molar-refractivity contribution < 1.29 is 13.2 Å². The molecule has 1 aliphatic rings. The lowest BCUT2D eigenvalue weighted by Crippen LogP contribution is -2.28. The summed E-state index contributed by atoms with van der Waals surface area (Å²) in [5.74, 6) is -1.47. The van der Waals surface area contributed by atoms with Crippen LogP contribution in [-0.2, 0) is 13.0 Å². The van der Waals surface area contributed by atoms with E-state index in [1.54, 1.807) is 0 Å². The molecular weight excluding hydrogens is 335 g/mol. The predicted octanol–water partition coefficient (Wildman–Crippen LogP) is 5.81. The second kappa shape index (κ2) is 7.83. The Morgan fingerprint density at radius 2 is 1.65 bits per heavy atom. The summed E-state index contributed by atoms with van der Waals surface area (Å²) < 4.78 is 38.1. The molecule has 0 bridgehead atoms. The Hall–Kier alpha value is -1.81. The zero-order valence-electron chi connectivity index (χ0n) is 15.3.